The van der Waals surface area contributed by atoms with Gasteiger partial charge in [-0.15, -0.1) is 0 Å². The number of hydrogen-bond donors (Lipinski definition) is 1. The molecule has 2 unspecified atom stereocenters. The quantitative estimate of drug-likeness (QED) is 0.924. The molecule has 1 heterocycles. The number of rotatable bonds is 3. The van der Waals surface area contributed by atoms with Crippen molar-refractivity contribution in [3.8, 4) is 5.75 Å². The third-order valence-corrected chi connectivity index (χ3v) is 6.10. The van der Waals surface area contributed by atoms with Gasteiger partial charge in [0.2, 0.25) is 0 Å². The molecule has 20 heavy (non-hydrogen) atoms. The molecule has 5 heteroatoms. The van der Waals surface area contributed by atoms with Crippen LogP contribution in [-0.2, 0) is 16.3 Å². The van der Waals surface area contributed by atoms with E-state index in [9.17, 15) is 8.42 Å². The Morgan fingerprint density at radius 2 is 2.15 bits per heavy atom. The van der Waals surface area contributed by atoms with Gasteiger partial charge in [-0.2, -0.15) is 0 Å². The largest absolute Gasteiger partial charge is 0.497 e. The molecular formula is C15H21NO3S. The lowest BCUT2D eigenvalue weighted by Gasteiger charge is -2.29. The Hall–Kier alpha value is -1.07. The fourth-order valence-corrected chi connectivity index (χ4v) is 4.97. The molecular weight excluding hydrogens is 274 g/mol. The van der Waals surface area contributed by atoms with E-state index in [1.165, 1.54) is 11.1 Å². The summed E-state index contributed by atoms with van der Waals surface area (Å²) in [5, 5.41) is 3.55. The van der Waals surface area contributed by atoms with E-state index in [1.807, 2.05) is 6.07 Å². The normalized spacial score (nSPS) is 28.1. The highest BCUT2D eigenvalue weighted by atomic mass is 32.2. The Kier molecular flexibility index (Phi) is 3.73. The van der Waals surface area contributed by atoms with Crippen molar-refractivity contribution in [2.75, 3.05) is 18.6 Å². The highest BCUT2D eigenvalue weighted by Crippen LogP contribution is 2.33. The first kappa shape index (κ1) is 13.9. The highest BCUT2D eigenvalue weighted by Gasteiger charge is 2.31. The topological polar surface area (TPSA) is 55.4 Å². The monoisotopic (exact) mass is 295 g/mol. The van der Waals surface area contributed by atoms with Gasteiger partial charge in [0.1, 0.15) is 5.75 Å². The van der Waals surface area contributed by atoms with E-state index < -0.39 is 9.84 Å². The predicted molar refractivity (Wildman–Crippen MR) is 78.9 cm³/mol. The molecule has 0 bridgehead atoms. The SMILES string of the molecule is COc1ccc2c(c1)C(NC1CCS(=O)(=O)C1)CCC2. The van der Waals surface area contributed by atoms with E-state index in [-0.39, 0.29) is 17.8 Å². The van der Waals surface area contributed by atoms with Crippen LogP contribution in [0.15, 0.2) is 18.2 Å². The molecule has 0 radical (unpaired) electrons. The number of methoxy groups -OCH3 is 1. The van der Waals surface area contributed by atoms with Crippen molar-refractivity contribution in [2.24, 2.45) is 0 Å². The fourth-order valence-electron chi connectivity index (χ4n) is 3.29. The molecule has 0 saturated carbocycles. The summed E-state index contributed by atoms with van der Waals surface area (Å²) in [7, 11) is -1.15. The Morgan fingerprint density at radius 1 is 1.30 bits per heavy atom. The second kappa shape index (κ2) is 5.37. The van der Waals surface area contributed by atoms with E-state index in [0.717, 1.165) is 31.4 Å². The minimum atomic E-state index is -2.82. The van der Waals surface area contributed by atoms with Crippen LogP contribution in [0.4, 0.5) is 0 Å². The van der Waals surface area contributed by atoms with Crippen molar-refractivity contribution in [3.63, 3.8) is 0 Å². The van der Waals surface area contributed by atoms with Crippen LogP contribution in [0, 0.1) is 0 Å². The Labute approximate surface area is 120 Å². The van der Waals surface area contributed by atoms with Crippen LogP contribution < -0.4 is 10.1 Å². The lowest BCUT2D eigenvalue weighted by atomic mass is 9.87. The van der Waals surface area contributed by atoms with Crippen LogP contribution in [0.3, 0.4) is 0 Å². The van der Waals surface area contributed by atoms with Gasteiger partial charge in [-0.1, -0.05) is 6.07 Å². The van der Waals surface area contributed by atoms with Gasteiger partial charge < -0.3 is 10.1 Å². The summed E-state index contributed by atoms with van der Waals surface area (Å²) < 4.78 is 28.4. The number of sulfone groups is 1. The standard InChI is InChI=1S/C15H21NO3S/c1-19-13-6-5-11-3-2-4-15(14(11)9-13)16-12-7-8-20(17,18)10-12/h5-6,9,12,15-16H,2-4,7-8,10H2,1H3. The van der Waals surface area contributed by atoms with Crippen molar-refractivity contribution in [1.82, 2.24) is 5.32 Å². The molecule has 1 N–H and O–H groups in total. The minimum Gasteiger partial charge on any atom is -0.497 e. The predicted octanol–water partition coefficient (Wildman–Crippen LogP) is 1.85. The summed E-state index contributed by atoms with van der Waals surface area (Å²) in [6.45, 7) is 0. The molecule has 2 aliphatic rings. The first-order valence-corrected chi connectivity index (χ1v) is 9.03. The molecule has 2 atom stereocenters. The Bertz CT molecular complexity index is 597. The van der Waals surface area contributed by atoms with Gasteiger partial charge in [0, 0.05) is 12.1 Å². The molecule has 0 aromatic heterocycles. The smallest absolute Gasteiger partial charge is 0.151 e. The number of nitrogens with one attached hydrogen (secondary N) is 1. The fraction of sp³-hybridized carbons (Fsp3) is 0.600. The molecule has 0 amide bonds. The summed E-state index contributed by atoms with van der Waals surface area (Å²) in [4.78, 5) is 0. The van der Waals surface area contributed by atoms with Gasteiger partial charge in [0.05, 0.1) is 18.6 Å². The average molecular weight is 295 g/mol. The van der Waals surface area contributed by atoms with Crippen LogP contribution >= 0.6 is 0 Å². The number of hydrogen-bond acceptors (Lipinski definition) is 4. The number of benzene rings is 1. The van der Waals surface area contributed by atoms with Crippen molar-refractivity contribution in [1.29, 1.82) is 0 Å². The van der Waals surface area contributed by atoms with Crippen molar-refractivity contribution in [3.05, 3.63) is 29.3 Å². The van der Waals surface area contributed by atoms with Crippen LogP contribution in [0.2, 0.25) is 0 Å². The zero-order valence-corrected chi connectivity index (χ0v) is 12.6. The van der Waals surface area contributed by atoms with Crippen molar-refractivity contribution < 1.29 is 13.2 Å². The minimum absolute atomic E-state index is 0.0992. The Balaban J connectivity index is 1.79. The first-order valence-electron chi connectivity index (χ1n) is 7.21. The summed E-state index contributed by atoms with van der Waals surface area (Å²) in [5.74, 6) is 1.47. The summed E-state index contributed by atoms with van der Waals surface area (Å²) >= 11 is 0. The van der Waals surface area contributed by atoms with Gasteiger partial charge in [0.15, 0.2) is 9.84 Å². The lowest BCUT2D eigenvalue weighted by Crippen LogP contribution is -2.35. The molecule has 0 spiro atoms. The van der Waals surface area contributed by atoms with Crippen molar-refractivity contribution in [2.45, 2.75) is 37.8 Å². The van der Waals surface area contributed by atoms with E-state index in [4.69, 9.17) is 4.74 Å². The van der Waals surface area contributed by atoms with E-state index in [1.54, 1.807) is 7.11 Å². The first-order chi connectivity index (χ1) is 9.57. The van der Waals surface area contributed by atoms with Gasteiger partial charge in [-0.3, -0.25) is 0 Å². The maximum atomic E-state index is 11.6. The summed E-state index contributed by atoms with van der Waals surface area (Å²) in [6.07, 6.45) is 4.05. The van der Waals surface area contributed by atoms with Gasteiger partial charge >= 0.3 is 0 Å². The molecule has 1 aliphatic heterocycles. The molecule has 1 aliphatic carbocycles. The molecule has 1 aromatic rings. The molecule has 1 saturated heterocycles. The number of fused-ring (bicyclic) bond motifs is 1. The third-order valence-electron chi connectivity index (χ3n) is 4.34. The summed E-state index contributed by atoms with van der Waals surface area (Å²) in [5.41, 5.74) is 2.63. The van der Waals surface area contributed by atoms with E-state index >= 15 is 0 Å². The second-order valence-electron chi connectivity index (χ2n) is 5.78. The van der Waals surface area contributed by atoms with Crippen molar-refractivity contribution >= 4 is 9.84 Å². The second-order valence-corrected chi connectivity index (χ2v) is 8.00. The molecule has 110 valence electrons. The Morgan fingerprint density at radius 3 is 2.85 bits per heavy atom. The zero-order chi connectivity index (χ0) is 14.2. The maximum absolute atomic E-state index is 11.6. The molecule has 1 fully saturated rings. The van der Waals surface area contributed by atoms with Crippen LogP contribution in [0.1, 0.15) is 36.4 Å². The lowest BCUT2D eigenvalue weighted by molar-refractivity contribution is 0.397. The van der Waals surface area contributed by atoms with Crippen LogP contribution in [0.5, 0.6) is 5.75 Å². The maximum Gasteiger partial charge on any atom is 0.151 e. The number of aryl methyl sites for hydroxylation is 1. The molecule has 1 aromatic carbocycles. The highest BCUT2D eigenvalue weighted by molar-refractivity contribution is 7.91. The third kappa shape index (κ3) is 2.83. The molecule has 4 nitrogen and oxygen atoms in total. The van der Waals surface area contributed by atoms with Gasteiger partial charge in [-0.05, 0) is 48.9 Å². The van der Waals surface area contributed by atoms with Crippen LogP contribution in [-0.4, -0.2) is 33.1 Å². The van der Waals surface area contributed by atoms with Gasteiger partial charge in [0.25, 0.3) is 0 Å². The summed E-state index contributed by atoms with van der Waals surface area (Å²) in [6, 6.07) is 6.58. The van der Waals surface area contributed by atoms with E-state index in [0.29, 0.717) is 5.75 Å². The number of ether oxygens (including phenoxy) is 1. The molecule has 3 rings (SSSR count). The van der Waals surface area contributed by atoms with Gasteiger partial charge in [-0.25, -0.2) is 8.42 Å². The average Bonchev–Trinajstić information content (AvgIpc) is 2.78. The zero-order valence-electron chi connectivity index (χ0n) is 11.8. The van der Waals surface area contributed by atoms with E-state index in [2.05, 4.69) is 17.4 Å². The van der Waals surface area contributed by atoms with Crippen LogP contribution in [0.25, 0.3) is 0 Å².